The van der Waals surface area contributed by atoms with Gasteiger partial charge in [0, 0.05) is 5.92 Å². The van der Waals surface area contributed by atoms with E-state index in [0.717, 1.165) is 38.5 Å². The highest BCUT2D eigenvalue weighted by atomic mass is 16.5. The summed E-state index contributed by atoms with van der Waals surface area (Å²) in [4.78, 5) is 18.8. The Balaban J connectivity index is 2.13. The molecule has 0 bridgehead atoms. The van der Waals surface area contributed by atoms with Crippen LogP contribution in [0.4, 0.5) is 0 Å². The molecule has 19 heavy (non-hydrogen) atoms. The minimum atomic E-state index is -0.371. The van der Waals surface area contributed by atoms with Gasteiger partial charge in [-0.3, -0.25) is 4.79 Å². The summed E-state index contributed by atoms with van der Waals surface area (Å²) in [5.41, 5.74) is -0.371. The third kappa shape index (κ3) is 3.49. The smallest absolute Gasteiger partial charge is 0.297 e. The van der Waals surface area contributed by atoms with E-state index in [4.69, 9.17) is 4.74 Å². The van der Waals surface area contributed by atoms with E-state index in [9.17, 15) is 9.90 Å². The summed E-state index contributed by atoms with van der Waals surface area (Å²) in [6.07, 6.45) is 7.44. The fourth-order valence-electron chi connectivity index (χ4n) is 2.49. The Kier molecular flexibility index (Phi) is 4.82. The summed E-state index contributed by atoms with van der Waals surface area (Å²) in [6.45, 7) is 2.47. The van der Waals surface area contributed by atoms with Crippen molar-refractivity contribution in [3.63, 3.8) is 0 Å². The van der Waals surface area contributed by atoms with Crippen LogP contribution in [0.25, 0.3) is 0 Å². The summed E-state index contributed by atoms with van der Waals surface area (Å²) < 4.78 is 5.29. The van der Waals surface area contributed by atoms with Crippen LogP contribution in [-0.4, -0.2) is 21.7 Å². The molecule has 0 radical (unpaired) electrons. The molecule has 106 valence electrons. The van der Waals surface area contributed by atoms with Gasteiger partial charge in [-0.2, -0.15) is 4.98 Å². The van der Waals surface area contributed by atoms with Crippen molar-refractivity contribution >= 4 is 0 Å². The first-order chi connectivity index (χ1) is 9.22. The average Bonchev–Trinajstić information content (AvgIpc) is 2.43. The van der Waals surface area contributed by atoms with E-state index < -0.39 is 0 Å². The number of ether oxygens (including phenoxy) is 1. The number of hydrogen-bond donors (Lipinski definition) is 2. The number of rotatable bonds is 5. The zero-order valence-corrected chi connectivity index (χ0v) is 11.4. The third-order valence-corrected chi connectivity index (χ3v) is 3.61. The highest BCUT2D eigenvalue weighted by molar-refractivity contribution is 5.30. The quantitative estimate of drug-likeness (QED) is 0.803. The van der Waals surface area contributed by atoms with Crippen LogP contribution in [0.1, 0.15) is 63.6 Å². The van der Waals surface area contributed by atoms with Crippen molar-refractivity contribution in [1.29, 1.82) is 0 Å². The largest absolute Gasteiger partial charge is 0.490 e. The lowest BCUT2D eigenvalue weighted by atomic mass is 9.89. The van der Waals surface area contributed by atoms with Crippen LogP contribution in [0.2, 0.25) is 0 Å². The second-order valence-corrected chi connectivity index (χ2v) is 5.14. The molecule has 0 unspecified atom stereocenters. The minimum Gasteiger partial charge on any atom is -0.490 e. The third-order valence-electron chi connectivity index (χ3n) is 3.61. The molecule has 2 N–H and O–H groups in total. The molecule has 5 heteroatoms. The van der Waals surface area contributed by atoms with Crippen molar-refractivity contribution < 1.29 is 9.84 Å². The number of aromatic nitrogens is 2. The molecule has 1 heterocycles. The molecule has 0 amide bonds. The summed E-state index contributed by atoms with van der Waals surface area (Å²) in [5, 5.41) is 9.85. The zero-order valence-electron chi connectivity index (χ0n) is 11.4. The van der Waals surface area contributed by atoms with E-state index in [-0.39, 0.29) is 23.1 Å². The van der Waals surface area contributed by atoms with Gasteiger partial charge in [-0.25, -0.2) is 0 Å². The number of H-pyrrole nitrogens is 1. The van der Waals surface area contributed by atoms with Crippen molar-refractivity contribution in [2.24, 2.45) is 0 Å². The van der Waals surface area contributed by atoms with Crippen molar-refractivity contribution in [2.45, 2.75) is 57.8 Å². The highest BCUT2D eigenvalue weighted by Gasteiger charge is 2.20. The second-order valence-electron chi connectivity index (χ2n) is 5.14. The van der Waals surface area contributed by atoms with Gasteiger partial charge in [-0.1, -0.05) is 32.6 Å². The maximum absolute atomic E-state index is 11.9. The van der Waals surface area contributed by atoms with Crippen LogP contribution in [-0.2, 0) is 0 Å². The Morgan fingerprint density at radius 2 is 2.11 bits per heavy atom. The van der Waals surface area contributed by atoms with Crippen molar-refractivity contribution in [3.05, 3.63) is 16.2 Å². The normalized spacial score (nSPS) is 16.5. The zero-order chi connectivity index (χ0) is 13.7. The van der Waals surface area contributed by atoms with Gasteiger partial charge >= 0.3 is 0 Å². The van der Waals surface area contributed by atoms with Crippen LogP contribution in [0.5, 0.6) is 11.6 Å². The standard InChI is InChI=1S/C14H22N2O3/c1-2-3-9-19-11-13(17)15-12(16-14(11)18)10-7-5-4-6-8-10/h10H,2-9H2,1H3,(H2,15,16,17,18). The van der Waals surface area contributed by atoms with Crippen molar-refractivity contribution in [3.8, 4) is 11.6 Å². The van der Waals surface area contributed by atoms with Crippen LogP contribution >= 0.6 is 0 Å². The maximum atomic E-state index is 11.9. The molecule has 1 aromatic rings. The first kappa shape index (κ1) is 13.9. The second kappa shape index (κ2) is 6.59. The fraction of sp³-hybridized carbons (Fsp3) is 0.714. The van der Waals surface area contributed by atoms with Crippen LogP contribution in [0, 0.1) is 0 Å². The van der Waals surface area contributed by atoms with Crippen LogP contribution < -0.4 is 10.3 Å². The SMILES string of the molecule is CCCCOc1c(O)nc(C2CCCCC2)[nH]c1=O. The number of nitrogens with one attached hydrogen (secondary N) is 1. The average molecular weight is 266 g/mol. The molecular formula is C14H22N2O3. The number of nitrogens with zero attached hydrogens (tertiary/aromatic N) is 1. The van der Waals surface area contributed by atoms with Gasteiger partial charge in [0.15, 0.2) is 0 Å². The monoisotopic (exact) mass is 266 g/mol. The predicted molar refractivity (Wildman–Crippen MR) is 72.8 cm³/mol. The number of aromatic hydroxyl groups is 1. The minimum absolute atomic E-state index is 0.0481. The lowest BCUT2D eigenvalue weighted by molar-refractivity contribution is 0.281. The summed E-state index contributed by atoms with van der Waals surface area (Å²) in [6, 6.07) is 0. The molecule has 0 aliphatic heterocycles. The molecule has 0 atom stereocenters. The Hall–Kier alpha value is -1.52. The van der Waals surface area contributed by atoms with E-state index in [2.05, 4.69) is 9.97 Å². The van der Waals surface area contributed by atoms with Gasteiger partial charge in [-0.15, -0.1) is 0 Å². The Morgan fingerprint density at radius 1 is 1.37 bits per heavy atom. The van der Waals surface area contributed by atoms with Gasteiger partial charge < -0.3 is 14.8 Å². The molecule has 1 aliphatic rings. The van der Waals surface area contributed by atoms with Crippen LogP contribution in [0.15, 0.2) is 4.79 Å². The van der Waals surface area contributed by atoms with Gasteiger partial charge in [0.1, 0.15) is 5.82 Å². The summed E-state index contributed by atoms with van der Waals surface area (Å²) >= 11 is 0. The maximum Gasteiger partial charge on any atom is 0.297 e. The van der Waals surface area contributed by atoms with Gasteiger partial charge in [0.05, 0.1) is 6.61 Å². The van der Waals surface area contributed by atoms with Crippen LogP contribution in [0.3, 0.4) is 0 Å². The molecule has 1 saturated carbocycles. The Morgan fingerprint density at radius 3 is 2.74 bits per heavy atom. The van der Waals surface area contributed by atoms with Gasteiger partial charge in [0.2, 0.25) is 5.75 Å². The summed E-state index contributed by atoms with van der Waals surface area (Å²) in [7, 11) is 0. The van der Waals surface area contributed by atoms with Gasteiger partial charge in [-0.05, 0) is 19.3 Å². The van der Waals surface area contributed by atoms with E-state index >= 15 is 0 Å². The highest BCUT2D eigenvalue weighted by Crippen LogP contribution is 2.31. The molecule has 2 rings (SSSR count). The fourth-order valence-corrected chi connectivity index (χ4v) is 2.49. The molecule has 0 spiro atoms. The Labute approximate surface area is 113 Å². The molecule has 0 saturated heterocycles. The number of unbranched alkanes of at least 4 members (excludes halogenated alkanes) is 1. The lowest BCUT2D eigenvalue weighted by Crippen LogP contribution is -2.18. The van der Waals surface area contributed by atoms with E-state index in [1.54, 1.807) is 0 Å². The van der Waals surface area contributed by atoms with E-state index in [1.165, 1.54) is 6.42 Å². The molecule has 1 aromatic heterocycles. The number of hydrogen-bond acceptors (Lipinski definition) is 4. The molecular weight excluding hydrogens is 244 g/mol. The first-order valence-corrected chi connectivity index (χ1v) is 7.18. The molecule has 0 aromatic carbocycles. The molecule has 1 fully saturated rings. The van der Waals surface area contributed by atoms with Crippen molar-refractivity contribution in [2.75, 3.05) is 6.61 Å². The summed E-state index contributed by atoms with van der Waals surface area (Å²) in [5.74, 6) is 0.538. The number of aromatic amines is 1. The topological polar surface area (TPSA) is 75.2 Å². The first-order valence-electron chi connectivity index (χ1n) is 7.18. The predicted octanol–water partition coefficient (Wildman–Crippen LogP) is 2.70. The Bertz CT molecular complexity index is 464. The van der Waals surface area contributed by atoms with E-state index in [0.29, 0.717) is 12.4 Å². The van der Waals surface area contributed by atoms with Crippen molar-refractivity contribution in [1.82, 2.24) is 9.97 Å². The molecule has 5 nitrogen and oxygen atoms in total. The molecule has 1 aliphatic carbocycles. The van der Waals surface area contributed by atoms with E-state index in [1.807, 2.05) is 6.92 Å². The van der Waals surface area contributed by atoms with Gasteiger partial charge in [0.25, 0.3) is 11.4 Å². The lowest BCUT2D eigenvalue weighted by Gasteiger charge is -2.20.